The first-order chi connectivity index (χ1) is 19.9. The molecule has 17 heteroatoms. The van der Waals surface area contributed by atoms with E-state index in [1.807, 2.05) is 0 Å². The van der Waals surface area contributed by atoms with Crippen molar-refractivity contribution >= 4 is 38.5 Å². The molecule has 0 saturated heterocycles. The van der Waals surface area contributed by atoms with E-state index in [1.165, 1.54) is 38.2 Å². The lowest BCUT2D eigenvalue weighted by Crippen LogP contribution is -2.47. The van der Waals surface area contributed by atoms with Gasteiger partial charge < -0.3 is 30.6 Å². The molecule has 7 N–H and O–H groups in total. The number of nitrogens with one attached hydrogen (secondary N) is 1. The number of hydrogen-bond donors (Lipinski definition) is 6. The number of rotatable bonds is 15. The summed E-state index contributed by atoms with van der Waals surface area (Å²) in [4.78, 5) is 72.0. The number of nitrogens with two attached hydrogens (primary N) is 1. The van der Waals surface area contributed by atoms with Crippen molar-refractivity contribution in [2.45, 2.75) is 57.3 Å². The predicted octanol–water partition coefficient (Wildman–Crippen LogP) is 2.75. The Kier molecular flexibility index (Phi) is 11.3. The third kappa shape index (κ3) is 11.5. The summed E-state index contributed by atoms with van der Waals surface area (Å²) in [6, 6.07) is 10.8. The van der Waals surface area contributed by atoms with Crippen molar-refractivity contribution in [2.75, 3.05) is 0 Å². The SMILES string of the molecule is CC(C)(CC[C@H](C[C@H](OP(=O)(O)O)[C@H](Cc1cccc(F)c1)NC(=O)c1cnc2ccccc2n1)C(N)=O)OP(=O)(O)O. The summed E-state index contributed by atoms with van der Waals surface area (Å²) in [5.41, 5.74) is 5.32. The van der Waals surface area contributed by atoms with E-state index in [0.717, 1.165) is 6.07 Å². The molecule has 43 heavy (non-hydrogen) atoms. The number of primary amides is 1. The first kappa shape index (κ1) is 34.4. The van der Waals surface area contributed by atoms with Gasteiger partial charge in [-0.15, -0.1) is 0 Å². The summed E-state index contributed by atoms with van der Waals surface area (Å²) < 4.78 is 47.2. The average Bonchev–Trinajstić information content (AvgIpc) is 2.87. The zero-order valence-electron chi connectivity index (χ0n) is 23.2. The number of fused-ring (bicyclic) bond motifs is 1. The van der Waals surface area contributed by atoms with Crippen LogP contribution in [0.25, 0.3) is 11.0 Å². The molecule has 0 fully saturated rings. The molecule has 0 spiro atoms. The van der Waals surface area contributed by atoms with Crippen molar-refractivity contribution in [3.8, 4) is 0 Å². The molecule has 0 unspecified atom stereocenters. The zero-order chi connectivity index (χ0) is 32.0. The summed E-state index contributed by atoms with van der Waals surface area (Å²) in [7, 11) is -10.1. The van der Waals surface area contributed by atoms with Gasteiger partial charge in [-0.3, -0.25) is 23.6 Å². The van der Waals surface area contributed by atoms with Crippen molar-refractivity contribution in [2.24, 2.45) is 11.7 Å². The second-order valence-corrected chi connectivity index (χ2v) is 12.9. The van der Waals surface area contributed by atoms with Crippen molar-refractivity contribution in [1.29, 1.82) is 0 Å². The molecule has 1 aromatic heterocycles. The largest absolute Gasteiger partial charge is 0.470 e. The molecule has 0 radical (unpaired) electrons. The number of aromatic nitrogens is 2. The van der Waals surface area contributed by atoms with Gasteiger partial charge in [0, 0.05) is 5.92 Å². The number of phosphoric acid groups is 2. The van der Waals surface area contributed by atoms with Gasteiger partial charge in [-0.2, -0.15) is 0 Å². The molecule has 3 aromatic rings. The lowest BCUT2D eigenvalue weighted by molar-refractivity contribution is -0.123. The van der Waals surface area contributed by atoms with Gasteiger partial charge in [-0.1, -0.05) is 24.3 Å². The number of hydrogen-bond acceptors (Lipinski definition) is 8. The predicted molar refractivity (Wildman–Crippen MR) is 152 cm³/mol. The maximum atomic E-state index is 14.0. The number of carbonyl (C=O) groups is 2. The van der Waals surface area contributed by atoms with Gasteiger partial charge in [0.1, 0.15) is 11.5 Å². The smallest absolute Gasteiger partial charge is 0.369 e. The molecule has 0 aliphatic carbocycles. The Bertz CT molecular complexity index is 1550. The molecular formula is C26H33FN4O10P2. The first-order valence-corrected chi connectivity index (χ1v) is 16.0. The fourth-order valence-electron chi connectivity index (χ4n) is 4.51. The quantitative estimate of drug-likeness (QED) is 0.131. The third-order valence-electron chi connectivity index (χ3n) is 6.44. The highest BCUT2D eigenvalue weighted by Crippen LogP contribution is 2.44. The molecule has 14 nitrogen and oxygen atoms in total. The van der Waals surface area contributed by atoms with Gasteiger partial charge in [-0.25, -0.2) is 18.5 Å². The monoisotopic (exact) mass is 642 g/mol. The summed E-state index contributed by atoms with van der Waals surface area (Å²) >= 11 is 0. The van der Waals surface area contributed by atoms with Crippen LogP contribution in [0.2, 0.25) is 0 Å². The van der Waals surface area contributed by atoms with Gasteiger partial charge in [0.25, 0.3) is 5.91 Å². The standard InChI is InChI=1S/C26H33FN4O10P2/c1-26(2,41-43(37,38)39)11-10-17(24(28)32)14-23(40-42(34,35)36)21(13-16-6-5-7-18(27)12-16)31-25(33)22-15-29-19-8-3-4-9-20(19)30-22/h3-9,12,15,17,21,23H,10-11,13-14H2,1-2H3,(H2,28,32)(H,31,33)(H2,34,35,36)(H2,37,38,39)/t17-,21+,23+/m1/s1. The molecule has 3 rings (SSSR count). The van der Waals surface area contributed by atoms with E-state index in [9.17, 15) is 42.7 Å². The number of benzene rings is 2. The summed E-state index contributed by atoms with van der Waals surface area (Å²) in [6.45, 7) is 2.76. The summed E-state index contributed by atoms with van der Waals surface area (Å²) in [6.07, 6.45) is -1.18. The number of halogens is 1. The van der Waals surface area contributed by atoms with Crippen LogP contribution in [-0.4, -0.2) is 59.1 Å². The van der Waals surface area contributed by atoms with Crippen LogP contribution in [0.15, 0.2) is 54.7 Å². The van der Waals surface area contributed by atoms with E-state index in [4.69, 9.17) is 14.8 Å². The van der Waals surface area contributed by atoms with Crippen LogP contribution in [0.3, 0.4) is 0 Å². The van der Waals surface area contributed by atoms with E-state index >= 15 is 0 Å². The Hall–Kier alpha value is -3.13. The molecule has 0 aliphatic heterocycles. The van der Waals surface area contributed by atoms with E-state index < -0.39 is 63.4 Å². The van der Waals surface area contributed by atoms with Gasteiger partial charge in [0.2, 0.25) is 5.91 Å². The van der Waals surface area contributed by atoms with Gasteiger partial charge in [-0.05, 0) is 69.4 Å². The van der Waals surface area contributed by atoms with Crippen LogP contribution >= 0.6 is 15.6 Å². The molecule has 234 valence electrons. The van der Waals surface area contributed by atoms with Crippen LogP contribution < -0.4 is 11.1 Å². The summed E-state index contributed by atoms with van der Waals surface area (Å²) in [5.74, 6) is -3.44. The van der Waals surface area contributed by atoms with Gasteiger partial charge >= 0.3 is 15.6 Å². The normalized spacial score (nSPS) is 14.7. The molecule has 3 atom stereocenters. The van der Waals surface area contributed by atoms with E-state index in [0.29, 0.717) is 16.6 Å². The second kappa shape index (κ2) is 14.1. The molecule has 1 heterocycles. The molecular weight excluding hydrogens is 609 g/mol. The fourth-order valence-corrected chi connectivity index (χ4v) is 5.83. The first-order valence-electron chi connectivity index (χ1n) is 13.0. The minimum Gasteiger partial charge on any atom is -0.369 e. The van der Waals surface area contributed by atoms with Crippen molar-refractivity contribution in [3.63, 3.8) is 0 Å². The number of nitrogens with zero attached hydrogens (tertiary/aromatic N) is 2. The second-order valence-electron chi connectivity index (χ2n) is 10.5. The Morgan fingerprint density at radius 1 is 1.05 bits per heavy atom. The topological polar surface area (TPSA) is 231 Å². The molecule has 2 amide bonds. The Labute approximate surface area is 246 Å². The van der Waals surface area contributed by atoms with Gasteiger partial charge in [0.05, 0.1) is 35.0 Å². The van der Waals surface area contributed by atoms with E-state index in [2.05, 4.69) is 15.3 Å². The number of para-hydroxylation sites is 2. The Morgan fingerprint density at radius 3 is 2.33 bits per heavy atom. The Morgan fingerprint density at radius 2 is 1.72 bits per heavy atom. The van der Waals surface area contributed by atoms with Crippen molar-refractivity contribution in [1.82, 2.24) is 15.3 Å². The lowest BCUT2D eigenvalue weighted by Gasteiger charge is -2.32. The highest BCUT2D eigenvalue weighted by atomic mass is 31.2. The number of amides is 2. The molecule has 0 aliphatic rings. The van der Waals surface area contributed by atoms with Crippen molar-refractivity contribution in [3.05, 3.63) is 71.8 Å². The molecule has 0 bridgehead atoms. The average molecular weight is 643 g/mol. The van der Waals surface area contributed by atoms with Gasteiger partial charge in [0.15, 0.2) is 0 Å². The van der Waals surface area contributed by atoms with Crippen LogP contribution in [0.5, 0.6) is 0 Å². The van der Waals surface area contributed by atoms with E-state index in [1.54, 1.807) is 24.3 Å². The molecule has 0 saturated carbocycles. The van der Waals surface area contributed by atoms with Crippen LogP contribution in [0.4, 0.5) is 4.39 Å². The summed E-state index contributed by atoms with van der Waals surface area (Å²) in [5, 5.41) is 2.62. The van der Waals surface area contributed by atoms with Crippen LogP contribution in [0, 0.1) is 11.7 Å². The minimum absolute atomic E-state index is 0.0953. The third-order valence-corrected chi connectivity index (χ3v) is 7.72. The minimum atomic E-state index is -5.24. The maximum absolute atomic E-state index is 14.0. The van der Waals surface area contributed by atoms with Crippen molar-refractivity contribution < 1.29 is 51.7 Å². The maximum Gasteiger partial charge on any atom is 0.470 e. The zero-order valence-corrected chi connectivity index (χ0v) is 25.0. The van der Waals surface area contributed by atoms with E-state index in [-0.39, 0.29) is 25.0 Å². The Balaban J connectivity index is 1.95. The highest BCUT2D eigenvalue weighted by Gasteiger charge is 2.36. The van der Waals surface area contributed by atoms with Crippen LogP contribution in [-0.2, 0) is 29.4 Å². The number of carbonyl (C=O) groups excluding carboxylic acids is 2. The molecule has 2 aromatic carbocycles. The van der Waals surface area contributed by atoms with Crippen LogP contribution in [0.1, 0.15) is 49.2 Å². The number of phosphoric ester groups is 2. The fraction of sp³-hybridized carbons (Fsp3) is 0.385. The lowest BCUT2D eigenvalue weighted by atomic mass is 9.87. The highest BCUT2D eigenvalue weighted by molar-refractivity contribution is 7.46.